The van der Waals surface area contributed by atoms with Gasteiger partial charge in [0.25, 0.3) is 0 Å². The molecule has 4 atom stereocenters. The fourth-order valence-electron chi connectivity index (χ4n) is 5.05. The number of nitriles is 1. The van der Waals surface area contributed by atoms with E-state index >= 15 is 4.39 Å². The molecule has 4 heterocycles. The van der Waals surface area contributed by atoms with Crippen molar-refractivity contribution in [1.29, 1.82) is 5.26 Å². The van der Waals surface area contributed by atoms with Crippen molar-refractivity contribution in [3.63, 3.8) is 0 Å². The molecule has 2 fully saturated rings. The zero-order valence-corrected chi connectivity index (χ0v) is 18.8. The summed E-state index contributed by atoms with van der Waals surface area (Å²) in [5, 5.41) is 35.1. The summed E-state index contributed by atoms with van der Waals surface area (Å²) in [6.07, 6.45) is 5.07. The number of phenolic OH excluding ortho intramolecular Hbond substituents is 1. The number of benzene rings is 1. The first-order valence-electron chi connectivity index (χ1n) is 11.1. The molecule has 0 amide bonds. The Hall–Kier alpha value is -3.65. The lowest BCUT2D eigenvalue weighted by atomic mass is 9.73. The van der Waals surface area contributed by atoms with Gasteiger partial charge in [-0.2, -0.15) is 10.4 Å². The van der Waals surface area contributed by atoms with Gasteiger partial charge in [-0.3, -0.25) is 0 Å². The monoisotopic (exact) mass is 466 g/mol. The molecule has 0 unspecified atom stereocenters. The van der Waals surface area contributed by atoms with E-state index in [2.05, 4.69) is 25.6 Å². The second-order valence-corrected chi connectivity index (χ2v) is 9.19. The summed E-state index contributed by atoms with van der Waals surface area (Å²) < 4.78 is 30.2. The Kier molecular flexibility index (Phi) is 5.40. The first-order chi connectivity index (χ1) is 16.3. The summed E-state index contributed by atoms with van der Waals surface area (Å²) in [6.45, 7) is 1.95. The van der Waals surface area contributed by atoms with E-state index in [0.29, 0.717) is 23.5 Å². The average Bonchev–Trinajstić information content (AvgIpc) is 3.22. The van der Waals surface area contributed by atoms with Crippen molar-refractivity contribution in [2.45, 2.75) is 56.4 Å². The summed E-state index contributed by atoms with van der Waals surface area (Å²) in [6, 6.07) is 6.13. The maximum atomic E-state index is 15.4. The molecule has 34 heavy (non-hydrogen) atoms. The number of nitrogens with zero attached hydrogens (tertiary/aromatic N) is 7. The summed E-state index contributed by atoms with van der Waals surface area (Å²) in [5.74, 6) is -0.262. The van der Waals surface area contributed by atoms with Gasteiger partial charge in [0.1, 0.15) is 18.0 Å². The number of hydrogen-bond donors (Lipinski definition) is 2. The lowest BCUT2D eigenvalue weighted by molar-refractivity contribution is 0.0405. The van der Waals surface area contributed by atoms with Crippen LogP contribution in [0, 0.1) is 17.1 Å². The number of hydrogen-bond acceptors (Lipinski definition) is 8. The molecule has 3 aromatic rings. The second kappa shape index (κ2) is 8.29. The molecule has 2 aliphatic rings. The van der Waals surface area contributed by atoms with Crippen molar-refractivity contribution in [2.75, 3.05) is 11.9 Å². The minimum atomic E-state index is -1.05. The molecule has 11 heteroatoms. The normalized spacial score (nSPS) is 26.1. The summed E-state index contributed by atoms with van der Waals surface area (Å²) >= 11 is 0. The Morgan fingerprint density at radius 3 is 2.85 bits per heavy atom. The number of phenols is 1. The number of halogens is 2. The van der Waals surface area contributed by atoms with E-state index in [0.717, 1.165) is 30.1 Å². The molecular formula is C23H24F2N8O. The van der Waals surface area contributed by atoms with Gasteiger partial charge in [-0.25, -0.2) is 18.4 Å². The van der Waals surface area contributed by atoms with Crippen LogP contribution in [0.15, 0.2) is 30.6 Å². The third kappa shape index (κ3) is 3.74. The summed E-state index contributed by atoms with van der Waals surface area (Å²) in [5.41, 5.74) is -0.187. The lowest BCUT2D eigenvalue weighted by Gasteiger charge is -2.52. The number of piperidine rings is 2. The van der Waals surface area contributed by atoms with Crippen molar-refractivity contribution in [1.82, 2.24) is 30.3 Å². The molecule has 0 aliphatic carbocycles. The van der Waals surface area contributed by atoms with Crippen molar-refractivity contribution in [3.05, 3.63) is 42.1 Å². The predicted molar refractivity (Wildman–Crippen MR) is 120 cm³/mol. The maximum Gasteiger partial charge on any atom is 0.198 e. The van der Waals surface area contributed by atoms with Crippen LogP contribution in [0.4, 0.5) is 14.6 Å². The first-order valence-corrected chi connectivity index (χ1v) is 11.1. The van der Waals surface area contributed by atoms with E-state index in [1.54, 1.807) is 30.1 Å². The van der Waals surface area contributed by atoms with Gasteiger partial charge in [0.2, 0.25) is 0 Å². The van der Waals surface area contributed by atoms with Gasteiger partial charge in [0, 0.05) is 24.7 Å². The highest BCUT2D eigenvalue weighted by Gasteiger charge is 2.49. The number of nitrogens with one attached hydrogen (secondary N) is 1. The van der Waals surface area contributed by atoms with Gasteiger partial charge in [-0.05, 0) is 44.7 Å². The Morgan fingerprint density at radius 2 is 2.18 bits per heavy atom. The molecule has 0 radical (unpaired) electrons. The van der Waals surface area contributed by atoms with Crippen LogP contribution in [0.5, 0.6) is 5.75 Å². The highest BCUT2D eigenvalue weighted by atomic mass is 19.1. The molecular weight excluding hydrogens is 442 g/mol. The van der Waals surface area contributed by atoms with Crippen molar-refractivity contribution < 1.29 is 13.9 Å². The molecule has 2 N–H and O–H groups in total. The molecule has 176 valence electrons. The molecule has 5 rings (SSSR count). The largest absolute Gasteiger partial charge is 0.507 e. The SMILES string of the molecule is CN(c1cnc(-c2ccc(-n3cc(F)c(C#N)n3)cc2O)nn1)[C@H]1C[C@H]2CCC[C@@](C)(N2)[C@H]1F. The van der Waals surface area contributed by atoms with Crippen molar-refractivity contribution in [2.24, 2.45) is 0 Å². The highest BCUT2D eigenvalue weighted by Crippen LogP contribution is 2.38. The van der Waals surface area contributed by atoms with Crippen LogP contribution in [-0.2, 0) is 0 Å². The van der Waals surface area contributed by atoms with Crippen LogP contribution in [-0.4, -0.2) is 60.9 Å². The number of fused-ring (bicyclic) bond motifs is 2. The molecule has 2 aromatic heterocycles. The Morgan fingerprint density at radius 1 is 1.35 bits per heavy atom. The van der Waals surface area contributed by atoms with E-state index in [1.165, 1.54) is 12.3 Å². The van der Waals surface area contributed by atoms with Gasteiger partial charge in [-0.1, -0.05) is 0 Å². The molecule has 2 aliphatic heterocycles. The summed E-state index contributed by atoms with van der Waals surface area (Å²) in [7, 11) is 1.80. The van der Waals surface area contributed by atoms with Crippen LogP contribution in [0.2, 0.25) is 0 Å². The standard InChI is InChI=1S/C23H24F2N8O/c1-23-7-3-4-13(28-23)8-18(21(23)25)32(2)20-11-27-22(30-29-20)15-6-5-14(9-19(15)34)33-12-16(24)17(10-26)31-33/h5-6,9,11-13,18,21,28,34H,3-4,7-8H2,1-2H3/t13-,18+,21+,23-/m1/s1. The smallest absolute Gasteiger partial charge is 0.198 e. The van der Waals surface area contributed by atoms with Crippen molar-refractivity contribution >= 4 is 5.82 Å². The maximum absolute atomic E-state index is 15.4. The minimum absolute atomic E-state index is 0.155. The summed E-state index contributed by atoms with van der Waals surface area (Å²) in [4.78, 5) is 6.13. The van der Waals surface area contributed by atoms with E-state index in [4.69, 9.17) is 5.26 Å². The third-order valence-corrected chi connectivity index (χ3v) is 6.93. The van der Waals surface area contributed by atoms with Crippen LogP contribution < -0.4 is 10.2 Å². The second-order valence-electron chi connectivity index (χ2n) is 9.19. The topological polar surface area (TPSA) is 116 Å². The molecule has 2 bridgehead atoms. The Balaban J connectivity index is 1.36. The minimum Gasteiger partial charge on any atom is -0.507 e. The number of rotatable bonds is 4. The highest BCUT2D eigenvalue weighted by molar-refractivity contribution is 5.66. The van der Waals surface area contributed by atoms with Gasteiger partial charge >= 0.3 is 0 Å². The molecule has 9 nitrogen and oxygen atoms in total. The Labute approximate surface area is 195 Å². The quantitative estimate of drug-likeness (QED) is 0.603. The van der Waals surface area contributed by atoms with Crippen LogP contribution >= 0.6 is 0 Å². The zero-order valence-electron chi connectivity index (χ0n) is 18.8. The van der Waals surface area contributed by atoms with E-state index < -0.39 is 17.5 Å². The van der Waals surface area contributed by atoms with Crippen LogP contribution in [0.25, 0.3) is 17.1 Å². The van der Waals surface area contributed by atoms with Crippen LogP contribution in [0.1, 0.15) is 38.3 Å². The van der Waals surface area contributed by atoms with E-state index in [-0.39, 0.29) is 29.4 Å². The molecule has 1 aromatic carbocycles. The molecule has 0 spiro atoms. The fraction of sp³-hybridized carbons (Fsp3) is 0.435. The van der Waals surface area contributed by atoms with Gasteiger partial charge in [-0.15, -0.1) is 10.2 Å². The molecule has 2 saturated heterocycles. The van der Waals surface area contributed by atoms with Gasteiger partial charge in [0.15, 0.2) is 23.2 Å². The number of alkyl halides is 1. The van der Waals surface area contributed by atoms with Crippen LogP contribution in [0.3, 0.4) is 0 Å². The predicted octanol–water partition coefficient (Wildman–Crippen LogP) is 2.89. The third-order valence-electron chi connectivity index (χ3n) is 6.93. The average molecular weight is 466 g/mol. The van der Waals surface area contributed by atoms with Gasteiger partial charge in [0.05, 0.1) is 29.7 Å². The molecule has 0 saturated carbocycles. The fourth-order valence-corrected chi connectivity index (χ4v) is 5.05. The number of anilines is 1. The number of aromatic hydroxyl groups is 1. The van der Waals surface area contributed by atoms with Crippen molar-refractivity contribution in [3.8, 4) is 28.9 Å². The number of aromatic nitrogens is 5. The first kappa shape index (κ1) is 22.2. The van der Waals surface area contributed by atoms with Gasteiger partial charge < -0.3 is 15.3 Å². The zero-order chi connectivity index (χ0) is 24.0. The van der Waals surface area contributed by atoms with E-state index in [1.807, 2.05) is 6.92 Å². The Bertz CT molecular complexity index is 1260. The lowest BCUT2D eigenvalue weighted by Crippen LogP contribution is -2.68. The van der Waals surface area contributed by atoms with E-state index in [9.17, 15) is 9.50 Å².